The third-order valence-electron chi connectivity index (χ3n) is 3.46. The minimum atomic E-state index is -3.74. The normalized spacial score (nSPS) is 20.2. The maximum atomic E-state index is 12.1. The Labute approximate surface area is 140 Å². The Balaban J connectivity index is 2.20. The number of carbonyl (C=O) groups is 2. The van der Waals surface area contributed by atoms with E-state index in [1.165, 1.54) is 31.2 Å². The summed E-state index contributed by atoms with van der Waals surface area (Å²) < 4.78 is 47.0. The van der Waals surface area contributed by atoms with Gasteiger partial charge < -0.3 is 5.32 Å². The van der Waals surface area contributed by atoms with Gasteiger partial charge >= 0.3 is 0 Å². The van der Waals surface area contributed by atoms with E-state index in [0.717, 1.165) is 6.26 Å². The molecule has 0 bridgehead atoms. The summed E-state index contributed by atoms with van der Waals surface area (Å²) in [5, 5.41) is 2.44. The molecule has 1 aromatic carbocycles. The number of sulfone groups is 1. The fourth-order valence-corrected chi connectivity index (χ4v) is 4.60. The quantitative estimate of drug-likeness (QED) is 0.761. The highest BCUT2D eigenvalue weighted by molar-refractivity contribution is 7.94. The number of amides is 2. The third-order valence-corrected chi connectivity index (χ3v) is 6.28. The molecule has 0 aromatic heterocycles. The standard InChI is InChI=1S/C14H18N2O6S2/c1-10-9-24(21,22)16(14(10)18)12-5-3-4-11(8-12)13(17)15-6-7-23(2,19)20/h3-5,8,10H,6-7,9H2,1-2H3,(H,15,17). The molecule has 0 spiro atoms. The maximum Gasteiger partial charge on any atom is 0.251 e. The van der Waals surface area contributed by atoms with Crippen molar-refractivity contribution in [3.63, 3.8) is 0 Å². The number of anilines is 1. The Kier molecular flexibility index (Phi) is 5.00. The molecule has 1 N–H and O–H groups in total. The van der Waals surface area contributed by atoms with Crippen LogP contribution in [-0.4, -0.2) is 53.0 Å². The van der Waals surface area contributed by atoms with E-state index in [1.54, 1.807) is 0 Å². The van der Waals surface area contributed by atoms with Gasteiger partial charge in [0.2, 0.25) is 15.9 Å². The smallest absolute Gasteiger partial charge is 0.251 e. The molecule has 8 nitrogen and oxygen atoms in total. The largest absolute Gasteiger partial charge is 0.351 e. The molecule has 0 radical (unpaired) electrons. The highest BCUT2D eigenvalue weighted by Crippen LogP contribution is 2.28. The molecule has 24 heavy (non-hydrogen) atoms. The fraction of sp³-hybridized carbons (Fsp3) is 0.429. The Morgan fingerprint density at radius 2 is 2.04 bits per heavy atom. The zero-order chi connectivity index (χ0) is 18.1. The van der Waals surface area contributed by atoms with Crippen molar-refractivity contribution in [1.29, 1.82) is 0 Å². The van der Waals surface area contributed by atoms with Gasteiger partial charge in [0.05, 0.1) is 23.1 Å². The van der Waals surface area contributed by atoms with Gasteiger partial charge in [-0.1, -0.05) is 13.0 Å². The summed E-state index contributed by atoms with van der Waals surface area (Å²) in [6, 6.07) is 5.65. The zero-order valence-corrected chi connectivity index (χ0v) is 14.9. The topological polar surface area (TPSA) is 118 Å². The van der Waals surface area contributed by atoms with Gasteiger partial charge in [-0.25, -0.2) is 21.1 Å². The van der Waals surface area contributed by atoms with Gasteiger partial charge in [-0.05, 0) is 18.2 Å². The van der Waals surface area contributed by atoms with Crippen molar-refractivity contribution in [1.82, 2.24) is 5.32 Å². The first-order valence-corrected chi connectivity index (χ1v) is 10.8. The predicted molar refractivity (Wildman–Crippen MR) is 88.9 cm³/mol. The number of rotatable bonds is 5. The van der Waals surface area contributed by atoms with Crippen molar-refractivity contribution in [3.05, 3.63) is 29.8 Å². The molecule has 1 aliphatic rings. The van der Waals surface area contributed by atoms with Gasteiger partial charge in [-0.15, -0.1) is 0 Å². The first-order chi connectivity index (χ1) is 11.0. The van der Waals surface area contributed by atoms with Crippen LogP contribution in [0.25, 0.3) is 0 Å². The van der Waals surface area contributed by atoms with Crippen LogP contribution >= 0.6 is 0 Å². The van der Waals surface area contributed by atoms with E-state index in [1.807, 2.05) is 0 Å². The number of sulfonamides is 1. The molecule has 1 heterocycles. The molecule has 1 atom stereocenters. The van der Waals surface area contributed by atoms with Crippen molar-refractivity contribution < 1.29 is 26.4 Å². The lowest BCUT2D eigenvalue weighted by Gasteiger charge is -2.16. The first kappa shape index (κ1) is 18.4. The molecule has 1 aromatic rings. The van der Waals surface area contributed by atoms with Crippen LogP contribution in [0.15, 0.2) is 24.3 Å². The summed E-state index contributed by atoms with van der Waals surface area (Å²) in [4.78, 5) is 24.1. The molecule has 0 saturated carbocycles. The molecule has 0 aliphatic carbocycles. The average molecular weight is 374 g/mol. The molecule has 1 aliphatic heterocycles. The number of hydrogen-bond acceptors (Lipinski definition) is 6. The Morgan fingerprint density at radius 1 is 1.38 bits per heavy atom. The molecular weight excluding hydrogens is 356 g/mol. The van der Waals surface area contributed by atoms with Crippen LogP contribution in [0, 0.1) is 5.92 Å². The highest BCUT2D eigenvalue weighted by Gasteiger charge is 2.42. The van der Waals surface area contributed by atoms with Crippen LogP contribution in [0.2, 0.25) is 0 Å². The lowest BCUT2D eigenvalue weighted by atomic mass is 10.1. The Morgan fingerprint density at radius 3 is 2.58 bits per heavy atom. The van der Waals surface area contributed by atoms with Crippen LogP contribution in [0.5, 0.6) is 0 Å². The highest BCUT2D eigenvalue weighted by atomic mass is 32.2. The van der Waals surface area contributed by atoms with E-state index in [4.69, 9.17) is 0 Å². The van der Waals surface area contributed by atoms with Gasteiger partial charge in [0.25, 0.3) is 5.91 Å². The molecule has 132 valence electrons. The van der Waals surface area contributed by atoms with Crippen molar-refractivity contribution in [2.75, 3.05) is 28.6 Å². The number of nitrogens with one attached hydrogen (secondary N) is 1. The van der Waals surface area contributed by atoms with Crippen molar-refractivity contribution in [2.45, 2.75) is 6.92 Å². The second kappa shape index (κ2) is 6.52. The number of nitrogens with zero attached hydrogens (tertiary/aromatic N) is 1. The lowest BCUT2D eigenvalue weighted by molar-refractivity contribution is -0.119. The van der Waals surface area contributed by atoms with Crippen molar-refractivity contribution in [2.24, 2.45) is 5.92 Å². The number of benzene rings is 1. The zero-order valence-electron chi connectivity index (χ0n) is 13.2. The van der Waals surface area contributed by atoms with E-state index >= 15 is 0 Å². The van der Waals surface area contributed by atoms with E-state index in [-0.39, 0.29) is 29.3 Å². The van der Waals surface area contributed by atoms with Crippen LogP contribution in [0.4, 0.5) is 5.69 Å². The van der Waals surface area contributed by atoms with Gasteiger partial charge in [-0.2, -0.15) is 0 Å². The molecule has 1 saturated heterocycles. The molecule has 1 fully saturated rings. The second-order valence-electron chi connectivity index (χ2n) is 5.72. The SMILES string of the molecule is CC1CS(=O)(=O)N(c2cccc(C(=O)NCCS(C)(=O)=O)c2)C1=O. The van der Waals surface area contributed by atoms with Crippen molar-refractivity contribution in [3.8, 4) is 0 Å². The van der Waals surface area contributed by atoms with E-state index < -0.39 is 37.6 Å². The Bertz CT molecular complexity index is 876. The van der Waals surface area contributed by atoms with Gasteiger partial charge in [-0.3, -0.25) is 9.59 Å². The fourth-order valence-electron chi connectivity index (χ4n) is 2.31. The van der Waals surface area contributed by atoms with E-state index in [2.05, 4.69) is 5.32 Å². The van der Waals surface area contributed by atoms with Crippen LogP contribution < -0.4 is 9.62 Å². The second-order valence-corrected chi connectivity index (χ2v) is 9.84. The van der Waals surface area contributed by atoms with E-state index in [0.29, 0.717) is 4.31 Å². The van der Waals surface area contributed by atoms with Crippen LogP contribution in [0.3, 0.4) is 0 Å². The Hall–Kier alpha value is -1.94. The molecule has 2 rings (SSSR count). The van der Waals surface area contributed by atoms with Gasteiger partial charge in [0.1, 0.15) is 9.84 Å². The van der Waals surface area contributed by atoms with Gasteiger partial charge in [0.15, 0.2) is 0 Å². The lowest BCUT2D eigenvalue weighted by Crippen LogP contribution is -2.31. The summed E-state index contributed by atoms with van der Waals surface area (Å²) in [5.41, 5.74) is 0.240. The van der Waals surface area contributed by atoms with E-state index in [9.17, 15) is 26.4 Å². The van der Waals surface area contributed by atoms with Crippen LogP contribution in [-0.2, 0) is 24.7 Å². The number of carbonyl (C=O) groups excluding carboxylic acids is 2. The summed E-state index contributed by atoms with van der Waals surface area (Å²) in [5.74, 6) is -2.18. The van der Waals surface area contributed by atoms with Crippen LogP contribution in [0.1, 0.15) is 17.3 Å². The summed E-state index contributed by atoms with van der Waals surface area (Å²) in [6.45, 7) is 1.47. The first-order valence-electron chi connectivity index (χ1n) is 7.14. The molecular formula is C14H18N2O6S2. The maximum absolute atomic E-state index is 12.1. The molecule has 1 unspecified atom stereocenters. The summed E-state index contributed by atoms with van der Waals surface area (Å²) in [7, 11) is -6.94. The predicted octanol–water partition coefficient (Wildman–Crippen LogP) is -0.226. The summed E-state index contributed by atoms with van der Waals surface area (Å²) in [6.07, 6.45) is 1.06. The minimum absolute atomic E-state index is 0.0557. The minimum Gasteiger partial charge on any atom is -0.351 e. The molecule has 10 heteroatoms. The number of hydrogen-bond donors (Lipinski definition) is 1. The summed E-state index contributed by atoms with van der Waals surface area (Å²) >= 11 is 0. The van der Waals surface area contributed by atoms with Crippen molar-refractivity contribution >= 4 is 37.4 Å². The average Bonchev–Trinajstić information content (AvgIpc) is 2.65. The molecule has 2 amide bonds. The monoisotopic (exact) mass is 374 g/mol. The third kappa shape index (κ3) is 4.12. The van der Waals surface area contributed by atoms with Gasteiger partial charge in [0, 0.05) is 18.4 Å².